The van der Waals surface area contributed by atoms with E-state index in [0.717, 1.165) is 33.3 Å². The van der Waals surface area contributed by atoms with Crippen molar-refractivity contribution in [3.8, 4) is 12.1 Å². The molecule has 0 spiro atoms. The molecule has 0 aliphatic heterocycles. The average Bonchev–Trinajstić information content (AvgIpc) is 3.17. The lowest BCUT2D eigenvalue weighted by molar-refractivity contribution is 0.184. The van der Waals surface area contributed by atoms with Crippen LogP contribution in [-0.2, 0) is 17.9 Å². The Morgan fingerprint density at radius 1 is 1.09 bits per heavy atom. The first-order valence-electron chi connectivity index (χ1n) is 10.4. The molecule has 0 amide bonds. The summed E-state index contributed by atoms with van der Waals surface area (Å²) in [6.45, 7) is 2.76. The fourth-order valence-corrected chi connectivity index (χ4v) is 3.84. The molecule has 4 aromatic rings. The number of aryl methyl sites for hydroxylation is 1. The van der Waals surface area contributed by atoms with Gasteiger partial charge < -0.3 is 9.30 Å². The second-order valence-electron chi connectivity index (χ2n) is 7.56. The van der Waals surface area contributed by atoms with Crippen LogP contribution < -0.4 is 5.43 Å². The SMILES string of the molecule is COCc1cc(C)nc(NN=Cc2cn(Cc3ccccc3C#N)c3ccccc23)c1C#N. The maximum Gasteiger partial charge on any atom is 0.164 e. The van der Waals surface area contributed by atoms with Crippen molar-refractivity contribution in [3.63, 3.8) is 0 Å². The van der Waals surface area contributed by atoms with Crippen LogP contribution in [0.2, 0.25) is 0 Å². The molecule has 0 fully saturated rings. The molecule has 7 heteroatoms. The molecule has 0 aliphatic rings. The van der Waals surface area contributed by atoms with Crippen LogP contribution in [0.15, 0.2) is 65.9 Å². The van der Waals surface area contributed by atoms with Gasteiger partial charge in [0.1, 0.15) is 11.6 Å². The van der Waals surface area contributed by atoms with Gasteiger partial charge in [0, 0.05) is 47.6 Å². The third kappa shape index (κ3) is 4.59. The number of nitriles is 2. The van der Waals surface area contributed by atoms with Crippen molar-refractivity contribution >= 4 is 22.9 Å². The Bertz CT molecular complexity index is 1420. The highest BCUT2D eigenvalue weighted by Crippen LogP contribution is 2.23. The van der Waals surface area contributed by atoms with Gasteiger partial charge in [0.2, 0.25) is 0 Å². The quantitative estimate of drug-likeness (QED) is 0.335. The highest BCUT2D eigenvalue weighted by atomic mass is 16.5. The summed E-state index contributed by atoms with van der Waals surface area (Å²) in [5, 5.41) is 24.4. The largest absolute Gasteiger partial charge is 0.380 e. The van der Waals surface area contributed by atoms with Gasteiger partial charge in [-0.05, 0) is 30.7 Å². The zero-order chi connectivity index (χ0) is 23.2. The number of hydrazone groups is 1. The molecule has 0 saturated carbocycles. The molecule has 162 valence electrons. The molecule has 2 heterocycles. The molecule has 2 aromatic heterocycles. The molecule has 0 bridgehead atoms. The Hall–Kier alpha value is -4.46. The number of methoxy groups -OCH3 is 1. The molecule has 4 rings (SSSR count). The van der Waals surface area contributed by atoms with Gasteiger partial charge in [0.25, 0.3) is 0 Å². The van der Waals surface area contributed by atoms with E-state index >= 15 is 0 Å². The lowest BCUT2D eigenvalue weighted by Gasteiger charge is -2.09. The van der Waals surface area contributed by atoms with Crippen molar-refractivity contribution in [3.05, 3.63) is 94.3 Å². The molecular formula is C26H22N6O. The van der Waals surface area contributed by atoms with E-state index in [0.29, 0.717) is 30.1 Å². The van der Waals surface area contributed by atoms with E-state index in [-0.39, 0.29) is 0 Å². The zero-order valence-corrected chi connectivity index (χ0v) is 18.4. The molecule has 0 atom stereocenters. The van der Waals surface area contributed by atoms with Gasteiger partial charge in [-0.15, -0.1) is 0 Å². The van der Waals surface area contributed by atoms with Crippen LogP contribution in [0.25, 0.3) is 10.9 Å². The molecular weight excluding hydrogens is 412 g/mol. The number of fused-ring (bicyclic) bond motifs is 1. The second-order valence-corrected chi connectivity index (χ2v) is 7.56. The molecule has 33 heavy (non-hydrogen) atoms. The monoisotopic (exact) mass is 434 g/mol. The standard InChI is InChI=1S/C26H22N6O/c1-18-11-21(17-33-2)24(13-28)26(30-18)31-29-14-22-16-32(25-10-6-5-9-23(22)25)15-20-8-4-3-7-19(20)12-27/h3-11,14,16H,15,17H2,1-2H3,(H,30,31). The minimum Gasteiger partial charge on any atom is -0.380 e. The third-order valence-electron chi connectivity index (χ3n) is 5.31. The van der Waals surface area contributed by atoms with Crippen molar-refractivity contribution in [1.82, 2.24) is 9.55 Å². The Morgan fingerprint density at radius 2 is 1.88 bits per heavy atom. The number of hydrogen-bond acceptors (Lipinski definition) is 6. The van der Waals surface area contributed by atoms with Crippen molar-refractivity contribution < 1.29 is 4.74 Å². The maximum absolute atomic E-state index is 9.60. The van der Waals surface area contributed by atoms with Gasteiger partial charge in [-0.1, -0.05) is 36.4 Å². The Morgan fingerprint density at radius 3 is 2.67 bits per heavy atom. The Labute approximate surface area is 192 Å². The van der Waals surface area contributed by atoms with Crippen LogP contribution in [0.1, 0.15) is 33.5 Å². The maximum atomic E-state index is 9.60. The topological polar surface area (TPSA) is 99.0 Å². The zero-order valence-electron chi connectivity index (χ0n) is 18.4. The van der Waals surface area contributed by atoms with Crippen LogP contribution >= 0.6 is 0 Å². The van der Waals surface area contributed by atoms with Crippen LogP contribution in [0, 0.1) is 29.6 Å². The van der Waals surface area contributed by atoms with Gasteiger partial charge >= 0.3 is 0 Å². The number of hydrogen-bond donors (Lipinski definition) is 1. The van der Waals surface area contributed by atoms with E-state index in [1.54, 1.807) is 13.3 Å². The number of aromatic nitrogens is 2. The Balaban J connectivity index is 1.66. The fourth-order valence-electron chi connectivity index (χ4n) is 3.84. The van der Waals surface area contributed by atoms with Gasteiger partial charge in [0.15, 0.2) is 5.82 Å². The smallest absolute Gasteiger partial charge is 0.164 e. The lowest BCUT2D eigenvalue weighted by Crippen LogP contribution is -2.03. The number of para-hydroxylation sites is 1. The highest BCUT2D eigenvalue weighted by molar-refractivity contribution is 5.99. The van der Waals surface area contributed by atoms with Crippen molar-refractivity contribution in [1.29, 1.82) is 10.5 Å². The number of pyridine rings is 1. The van der Waals surface area contributed by atoms with E-state index in [4.69, 9.17) is 4.74 Å². The van der Waals surface area contributed by atoms with E-state index in [1.165, 1.54) is 0 Å². The van der Waals surface area contributed by atoms with Crippen molar-refractivity contribution in [2.75, 3.05) is 12.5 Å². The first-order valence-corrected chi connectivity index (χ1v) is 10.4. The summed E-state index contributed by atoms with van der Waals surface area (Å²) < 4.78 is 7.31. The number of nitrogens with zero attached hydrogens (tertiary/aromatic N) is 5. The molecule has 2 aromatic carbocycles. The molecule has 0 radical (unpaired) electrons. The van der Waals surface area contributed by atoms with Gasteiger partial charge in [-0.3, -0.25) is 5.43 Å². The minimum atomic E-state index is 0.322. The van der Waals surface area contributed by atoms with Crippen LogP contribution in [0.3, 0.4) is 0 Å². The number of nitrogens with one attached hydrogen (secondary N) is 1. The van der Waals surface area contributed by atoms with Crippen LogP contribution in [-0.4, -0.2) is 22.9 Å². The summed E-state index contributed by atoms with van der Waals surface area (Å²) in [5.74, 6) is 0.396. The number of ether oxygens (including phenoxy) is 1. The molecule has 1 N–H and O–H groups in total. The number of anilines is 1. The van der Waals surface area contributed by atoms with E-state index in [2.05, 4.69) is 32.2 Å². The summed E-state index contributed by atoms with van der Waals surface area (Å²) in [5.41, 5.74) is 8.44. The molecule has 0 unspecified atom stereocenters. The predicted octanol–water partition coefficient (Wildman–Crippen LogP) is 4.73. The lowest BCUT2D eigenvalue weighted by atomic mass is 10.1. The van der Waals surface area contributed by atoms with E-state index in [1.807, 2.05) is 67.7 Å². The predicted molar refractivity (Wildman–Crippen MR) is 128 cm³/mol. The number of benzene rings is 2. The highest BCUT2D eigenvalue weighted by Gasteiger charge is 2.12. The first kappa shape index (κ1) is 21.8. The summed E-state index contributed by atoms with van der Waals surface area (Å²) in [6, 6.07) is 21.9. The molecule has 0 aliphatic carbocycles. The van der Waals surface area contributed by atoms with E-state index < -0.39 is 0 Å². The summed E-state index contributed by atoms with van der Waals surface area (Å²) >= 11 is 0. The minimum absolute atomic E-state index is 0.322. The summed E-state index contributed by atoms with van der Waals surface area (Å²) in [4.78, 5) is 4.42. The normalized spacial score (nSPS) is 10.9. The third-order valence-corrected chi connectivity index (χ3v) is 5.31. The fraction of sp³-hybridized carbons (Fsp3) is 0.154. The van der Waals surface area contributed by atoms with Crippen LogP contribution in [0.4, 0.5) is 5.82 Å². The first-order chi connectivity index (χ1) is 16.1. The molecule has 0 saturated heterocycles. The molecule has 7 nitrogen and oxygen atoms in total. The van der Waals surface area contributed by atoms with E-state index in [9.17, 15) is 10.5 Å². The van der Waals surface area contributed by atoms with Gasteiger partial charge in [0.05, 0.1) is 24.5 Å². The van der Waals surface area contributed by atoms with Crippen molar-refractivity contribution in [2.24, 2.45) is 5.10 Å². The average molecular weight is 435 g/mol. The summed E-state index contributed by atoms with van der Waals surface area (Å²) in [6.07, 6.45) is 3.73. The van der Waals surface area contributed by atoms with Crippen molar-refractivity contribution in [2.45, 2.75) is 20.1 Å². The number of rotatable bonds is 7. The van der Waals surface area contributed by atoms with Crippen LogP contribution in [0.5, 0.6) is 0 Å². The summed E-state index contributed by atoms with van der Waals surface area (Å²) in [7, 11) is 1.59. The van der Waals surface area contributed by atoms with Gasteiger partial charge in [-0.25, -0.2) is 4.98 Å². The van der Waals surface area contributed by atoms with Gasteiger partial charge in [-0.2, -0.15) is 15.6 Å². The Kier molecular flexibility index (Phi) is 6.45. The second kappa shape index (κ2) is 9.78.